The lowest BCUT2D eigenvalue weighted by Gasteiger charge is -2.02. The van der Waals surface area contributed by atoms with Gasteiger partial charge in [-0.2, -0.15) is 4.98 Å². The number of benzene rings is 2. The predicted octanol–water partition coefficient (Wildman–Crippen LogP) is 3.46. The number of pyridine rings is 1. The number of aromatic amines is 1. The maximum Gasteiger partial charge on any atom is 0.269 e. The van der Waals surface area contributed by atoms with Crippen LogP contribution in [-0.4, -0.2) is 20.0 Å². The van der Waals surface area contributed by atoms with E-state index in [-0.39, 0.29) is 23.0 Å². The largest absolute Gasteiger partial charge is 0.334 e. The zero-order chi connectivity index (χ0) is 18.3. The zero-order valence-electron chi connectivity index (χ0n) is 13.6. The molecule has 0 saturated heterocycles. The molecule has 0 unspecified atom stereocenters. The number of aryl methyl sites for hydroxylation is 1. The van der Waals surface area contributed by atoms with Crippen molar-refractivity contribution in [1.82, 2.24) is 15.1 Å². The first-order valence-electron chi connectivity index (χ1n) is 7.74. The third kappa shape index (κ3) is 2.63. The average molecular weight is 348 g/mol. The average Bonchev–Trinajstić information content (AvgIpc) is 3.12. The van der Waals surface area contributed by atoms with E-state index < -0.39 is 4.92 Å². The van der Waals surface area contributed by atoms with Crippen LogP contribution in [0.2, 0.25) is 0 Å². The van der Waals surface area contributed by atoms with Crippen LogP contribution >= 0.6 is 0 Å². The molecule has 0 bridgehead atoms. The molecular weight excluding hydrogens is 336 g/mol. The molecule has 0 fully saturated rings. The molecule has 128 valence electrons. The molecule has 8 heteroatoms. The number of nitrogens with one attached hydrogen (secondary N) is 1. The Bertz CT molecular complexity index is 1190. The van der Waals surface area contributed by atoms with Gasteiger partial charge in [-0.05, 0) is 36.1 Å². The fourth-order valence-corrected chi connectivity index (χ4v) is 2.73. The molecule has 0 radical (unpaired) electrons. The Morgan fingerprint density at radius 2 is 1.92 bits per heavy atom. The summed E-state index contributed by atoms with van der Waals surface area (Å²) in [5.74, 6) is 0.335. The summed E-state index contributed by atoms with van der Waals surface area (Å²) in [6.45, 7) is 1.92. The summed E-state index contributed by atoms with van der Waals surface area (Å²) < 4.78 is 5.21. The molecule has 4 rings (SSSR count). The van der Waals surface area contributed by atoms with Crippen molar-refractivity contribution in [2.75, 3.05) is 0 Å². The molecule has 2 aromatic heterocycles. The summed E-state index contributed by atoms with van der Waals surface area (Å²) in [6, 6.07) is 13.2. The van der Waals surface area contributed by atoms with E-state index >= 15 is 0 Å². The minimum atomic E-state index is -0.486. The van der Waals surface area contributed by atoms with Crippen molar-refractivity contribution < 1.29 is 9.45 Å². The fraction of sp³-hybridized carbons (Fsp3) is 0.0556. The molecule has 26 heavy (non-hydrogen) atoms. The first-order chi connectivity index (χ1) is 12.5. The first-order valence-corrected chi connectivity index (χ1v) is 7.74. The molecule has 0 aliphatic heterocycles. The number of nitrogens with zero attached hydrogens (tertiary/aromatic N) is 3. The lowest BCUT2D eigenvalue weighted by molar-refractivity contribution is -0.384. The number of H-pyrrole nitrogens is 1. The second-order valence-corrected chi connectivity index (χ2v) is 5.78. The van der Waals surface area contributed by atoms with Crippen molar-refractivity contribution in [2.24, 2.45) is 0 Å². The number of hydrogen-bond acceptors (Lipinski definition) is 6. The Hall–Kier alpha value is -3.81. The first kappa shape index (κ1) is 15.7. The molecule has 2 heterocycles. The van der Waals surface area contributed by atoms with Crippen LogP contribution in [0.3, 0.4) is 0 Å². The molecule has 2 aromatic carbocycles. The molecule has 1 N–H and O–H groups in total. The highest BCUT2D eigenvalue weighted by molar-refractivity contribution is 5.84. The Labute approximate surface area is 146 Å². The summed E-state index contributed by atoms with van der Waals surface area (Å²) in [4.78, 5) is 29.7. The molecule has 0 aliphatic carbocycles. The van der Waals surface area contributed by atoms with Gasteiger partial charge >= 0.3 is 0 Å². The van der Waals surface area contributed by atoms with Crippen LogP contribution in [0.25, 0.3) is 33.7 Å². The summed E-state index contributed by atoms with van der Waals surface area (Å²) in [5.41, 5.74) is 2.20. The highest BCUT2D eigenvalue weighted by Gasteiger charge is 2.15. The maximum absolute atomic E-state index is 12.4. The molecule has 0 spiro atoms. The number of rotatable bonds is 3. The quantitative estimate of drug-likeness (QED) is 0.448. The maximum atomic E-state index is 12.4. The summed E-state index contributed by atoms with van der Waals surface area (Å²) in [5, 5.41) is 15.5. The Kier molecular flexibility index (Phi) is 3.58. The molecular formula is C18H12N4O4. The van der Waals surface area contributed by atoms with E-state index in [1.54, 1.807) is 6.07 Å². The van der Waals surface area contributed by atoms with Crippen molar-refractivity contribution in [2.45, 2.75) is 6.92 Å². The van der Waals surface area contributed by atoms with Gasteiger partial charge in [0.1, 0.15) is 0 Å². The van der Waals surface area contributed by atoms with Crippen molar-refractivity contribution in [3.05, 3.63) is 74.6 Å². The Morgan fingerprint density at radius 1 is 1.15 bits per heavy atom. The van der Waals surface area contributed by atoms with Crippen LogP contribution in [0, 0.1) is 17.0 Å². The van der Waals surface area contributed by atoms with Gasteiger partial charge in [0.05, 0.1) is 16.0 Å². The molecule has 0 amide bonds. The highest BCUT2D eigenvalue weighted by Crippen LogP contribution is 2.24. The van der Waals surface area contributed by atoms with E-state index in [1.165, 1.54) is 24.3 Å². The third-order valence-electron chi connectivity index (χ3n) is 4.08. The van der Waals surface area contributed by atoms with E-state index in [1.807, 2.05) is 25.1 Å². The monoisotopic (exact) mass is 348 g/mol. The van der Waals surface area contributed by atoms with Crippen LogP contribution in [0.5, 0.6) is 0 Å². The van der Waals surface area contributed by atoms with Gasteiger partial charge in [-0.15, -0.1) is 0 Å². The van der Waals surface area contributed by atoms with Crippen molar-refractivity contribution in [3.63, 3.8) is 0 Å². The van der Waals surface area contributed by atoms with Gasteiger partial charge in [-0.1, -0.05) is 23.4 Å². The topological polar surface area (TPSA) is 115 Å². The van der Waals surface area contributed by atoms with E-state index in [0.717, 1.165) is 16.5 Å². The standard InChI is InChI=1S/C18H12N4O4/c1-10-3-2-4-12-9-14(17(23)19-15(10)12)16-20-18(26-21-16)11-5-7-13(8-6-11)22(24)25/h2-9H,1H3,(H,19,23). The van der Waals surface area contributed by atoms with Gasteiger partial charge < -0.3 is 9.51 Å². The summed E-state index contributed by atoms with van der Waals surface area (Å²) >= 11 is 0. The van der Waals surface area contributed by atoms with Gasteiger partial charge in [0.25, 0.3) is 17.1 Å². The van der Waals surface area contributed by atoms with Gasteiger partial charge in [0.15, 0.2) is 0 Å². The molecule has 8 nitrogen and oxygen atoms in total. The number of para-hydroxylation sites is 1. The van der Waals surface area contributed by atoms with Gasteiger partial charge in [-0.3, -0.25) is 14.9 Å². The lowest BCUT2D eigenvalue weighted by atomic mass is 10.1. The molecule has 0 saturated carbocycles. The zero-order valence-corrected chi connectivity index (χ0v) is 13.6. The lowest BCUT2D eigenvalue weighted by Crippen LogP contribution is -2.10. The second kappa shape index (κ2) is 5.92. The number of aromatic nitrogens is 3. The number of nitro groups is 1. The minimum absolute atomic E-state index is 0.0326. The molecule has 0 atom stereocenters. The number of hydrogen-bond donors (Lipinski definition) is 1. The Morgan fingerprint density at radius 3 is 2.65 bits per heavy atom. The van der Waals surface area contributed by atoms with Gasteiger partial charge in [0, 0.05) is 17.7 Å². The van der Waals surface area contributed by atoms with Crippen molar-refractivity contribution in [3.8, 4) is 22.8 Å². The van der Waals surface area contributed by atoms with E-state index in [0.29, 0.717) is 11.1 Å². The summed E-state index contributed by atoms with van der Waals surface area (Å²) in [7, 11) is 0. The third-order valence-corrected chi connectivity index (χ3v) is 4.08. The van der Waals surface area contributed by atoms with Gasteiger partial charge in [-0.25, -0.2) is 0 Å². The van der Waals surface area contributed by atoms with E-state index in [9.17, 15) is 14.9 Å². The van der Waals surface area contributed by atoms with E-state index in [2.05, 4.69) is 15.1 Å². The normalized spacial score (nSPS) is 11.0. The van der Waals surface area contributed by atoms with E-state index in [4.69, 9.17) is 4.52 Å². The van der Waals surface area contributed by atoms with Gasteiger partial charge in [0.2, 0.25) is 5.82 Å². The highest BCUT2D eigenvalue weighted by atomic mass is 16.6. The SMILES string of the molecule is Cc1cccc2cc(-c3noc(-c4ccc([N+](=O)[O-])cc4)n3)c(=O)[nH]c12. The fourth-order valence-electron chi connectivity index (χ4n) is 2.73. The minimum Gasteiger partial charge on any atom is -0.334 e. The second-order valence-electron chi connectivity index (χ2n) is 5.78. The van der Waals surface area contributed by atoms with Crippen LogP contribution in [0.1, 0.15) is 5.56 Å². The number of nitro benzene ring substituents is 1. The molecule has 0 aliphatic rings. The van der Waals surface area contributed by atoms with Crippen LogP contribution in [0.15, 0.2) is 57.8 Å². The summed E-state index contributed by atoms with van der Waals surface area (Å²) in [6.07, 6.45) is 0. The van der Waals surface area contributed by atoms with Crippen LogP contribution in [-0.2, 0) is 0 Å². The number of non-ortho nitro benzene ring substituents is 1. The predicted molar refractivity (Wildman–Crippen MR) is 94.7 cm³/mol. The Balaban J connectivity index is 1.76. The van der Waals surface area contributed by atoms with Crippen LogP contribution < -0.4 is 5.56 Å². The molecule has 4 aromatic rings. The number of fused-ring (bicyclic) bond motifs is 1. The smallest absolute Gasteiger partial charge is 0.269 e. The van der Waals surface area contributed by atoms with Crippen molar-refractivity contribution in [1.29, 1.82) is 0 Å². The van der Waals surface area contributed by atoms with Crippen LogP contribution in [0.4, 0.5) is 5.69 Å². The van der Waals surface area contributed by atoms with Crippen molar-refractivity contribution >= 4 is 16.6 Å².